The second kappa shape index (κ2) is 7.31. The summed E-state index contributed by atoms with van der Waals surface area (Å²) >= 11 is 7.09. The van der Waals surface area contributed by atoms with Gasteiger partial charge in [0.05, 0.1) is 0 Å². The molecule has 1 N–H and O–H groups in total. The summed E-state index contributed by atoms with van der Waals surface area (Å²) in [5.41, 5.74) is 0.704. The molecule has 0 bridgehead atoms. The van der Waals surface area contributed by atoms with Crippen LogP contribution in [0.5, 0.6) is 0 Å². The molecule has 5 heteroatoms. The number of hydrogen-bond acceptors (Lipinski definition) is 2. The lowest BCUT2D eigenvalue weighted by molar-refractivity contribution is -0.115. The fraction of sp³-hybridized carbons (Fsp3) is 0.133. The molecule has 2 aromatic rings. The van der Waals surface area contributed by atoms with E-state index in [9.17, 15) is 9.18 Å². The van der Waals surface area contributed by atoms with Crippen LogP contribution in [0.25, 0.3) is 0 Å². The molecular formula is C15H13ClFNOS. The monoisotopic (exact) mass is 309 g/mol. The molecule has 0 fully saturated rings. The number of anilines is 1. The lowest BCUT2D eigenvalue weighted by atomic mass is 10.3. The van der Waals surface area contributed by atoms with Gasteiger partial charge in [-0.15, -0.1) is 11.8 Å². The number of carbonyl (C=O) groups excluding carboxylic acids is 1. The Morgan fingerprint density at radius 1 is 1.15 bits per heavy atom. The molecule has 0 aliphatic carbocycles. The Balaban J connectivity index is 1.78. The van der Waals surface area contributed by atoms with Crippen molar-refractivity contribution >= 4 is 35.0 Å². The third-order valence-corrected chi connectivity index (χ3v) is 3.85. The zero-order chi connectivity index (χ0) is 14.4. The van der Waals surface area contributed by atoms with Crippen molar-refractivity contribution in [3.63, 3.8) is 0 Å². The smallest absolute Gasteiger partial charge is 0.225 e. The van der Waals surface area contributed by atoms with E-state index in [1.54, 1.807) is 42.5 Å². The third-order valence-electron chi connectivity index (χ3n) is 2.55. The van der Waals surface area contributed by atoms with Gasteiger partial charge < -0.3 is 5.32 Å². The molecule has 0 spiro atoms. The zero-order valence-electron chi connectivity index (χ0n) is 10.6. The van der Waals surface area contributed by atoms with Crippen LogP contribution in [0.1, 0.15) is 6.42 Å². The second-order valence-corrected chi connectivity index (χ2v) is 5.66. The minimum atomic E-state index is -0.254. The molecule has 2 nitrogen and oxygen atoms in total. The Hall–Kier alpha value is -1.52. The van der Waals surface area contributed by atoms with E-state index in [1.165, 1.54) is 17.8 Å². The molecule has 0 aliphatic rings. The number of thioether (sulfide) groups is 1. The highest BCUT2D eigenvalue weighted by atomic mass is 35.5. The van der Waals surface area contributed by atoms with E-state index in [0.29, 0.717) is 27.8 Å². The number of benzene rings is 2. The van der Waals surface area contributed by atoms with Gasteiger partial charge in [0.15, 0.2) is 0 Å². The molecule has 2 aromatic carbocycles. The molecule has 0 saturated heterocycles. The first-order valence-electron chi connectivity index (χ1n) is 6.08. The number of rotatable bonds is 5. The van der Waals surface area contributed by atoms with Crippen molar-refractivity contribution in [2.24, 2.45) is 0 Å². The topological polar surface area (TPSA) is 29.1 Å². The Morgan fingerprint density at radius 2 is 1.85 bits per heavy atom. The van der Waals surface area contributed by atoms with Crippen molar-refractivity contribution in [2.75, 3.05) is 11.1 Å². The second-order valence-electron chi connectivity index (χ2n) is 4.08. The van der Waals surface area contributed by atoms with Crippen LogP contribution in [0.3, 0.4) is 0 Å². The summed E-state index contributed by atoms with van der Waals surface area (Å²) in [6.07, 6.45) is 0.321. The van der Waals surface area contributed by atoms with E-state index >= 15 is 0 Å². The van der Waals surface area contributed by atoms with E-state index in [4.69, 9.17) is 11.6 Å². The highest BCUT2D eigenvalue weighted by molar-refractivity contribution is 7.99. The van der Waals surface area contributed by atoms with Crippen LogP contribution in [-0.2, 0) is 4.79 Å². The largest absolute Gasteiger partial charge is 0.326 e. The standard InChI is InChI=1S/C15H13ClFNOS/c16-11-5-7-12(8-6-11)18-15(19)9-10-20-14-4-2-1-3-13(14)17/h1-8H,9-10H2,(H,18,19). The number of carbonyl (C=O) groups is 1. The van der Waals surface area contributed by atoms with Gasteiger partial charge in [0.1, 0.15) is 5.82 Å². The van der Waals surface area contributed by atoms with Crippen LogP contribution < -0.4 is 5.32 Å². The Kier molecular flexibility index (Phi) is 5.44. The van der Waals surface area contributed by atoms with Crippen molar-refractivity contribution in [3.8, 4) is 0 Å². The number of halogens is 2. The SMILES string of the molecule is O=C(CCSc1ccccc1F)Nc1ccc(Cl)cc1. The number of amides is 1. The first-order valence-corrected chi connectivity index (χ1v) is 7.44. The summed E-state index contributed by atoms with van der Waals surface area (Å²) in [5, 5.41) is 3.39. The zero-order valence-corrected chi connectivity index (χ0v) is 12.2. The minimum Gasteiger partial charge on any atom is -0.326 e. The van der Waals surface area contributed by atoms with Gasteiger partial charge in [-0.1, -0.05) is 23.7 Å². The fourth-order valence-electron chi connectivity index (χ4n) is 1.57. The van der Waals surface area contributed by atoms with Crippen molar-refractivity contribution in [2.45, 2.75) is 11.3 Å². The predicted molar refractivity (Wildman–Crippen MR) is 81.8 cm³/mol. The van der Waals surface area contributed by atoms with Crippen LogP contribution in [0.4, 0.5) is 10.1 Å². The predicted octanol–water partition coefficient (Wildman–Crippen LogP) is 4.60. The normalized spacial score (nSPS) is 10.3. The van der Waals surface area contributed by atoms with Gasteiger partial charge in [-0.05, 0) is 36.4 Å². The molecule has 0 atom stereocenters. The Morgan fingerprint density at radius 3 is 2.55 bits per heavy atom. The highest BCUT2D eigenvalue weighted by Crippen LogP contribution is 2.22. The average Bonchev–Trinajstić information content (AvgIpc) is 2.43. The summed E-state index contributed by atoms with van der Waals surface area (Å²) in [6.45, 7) is 0. The van der Waals surface area contributed by atoms with Crippen LogP contribution in [0.2, 0.25) is 5.02 Å². The van der Waals surface area contributed by atoms with Gasteiger partial charge in [-0.25, -0.2) is 4.39 Å². The maximum absolute atomic E-state index is 13.4. The van der Waals surface area contributed by atoms with E-state index in [2.05, 4.69) is 5.32 Å². The van der Waals surface area contributed by atoms with E-state index in [-0.39, 0.29) is 11.7 Å². The molecule has 0 saturated carbocycles. The average molecular weight is 310 g/mol. The molecule has 0 unspecified atom stereocenters. The minimum absolute atomic E-state index is 0.101. The van der Waals surface area contributed by atoms with Gasteiger partial charge in [0.2, 0.25) is 5.91 Å². The molecule has 0 aromatic heterocycles. The molecule has 0 radical (unpaired) electrons. The third kappa shape index (κ3) is 4.54. The molecule has 104 valence electrons. The summed E-state index contributed by atoms with van der Waals surface area (Å²) in [4.78, 5) is 12.3. The first kappa shape index (κ1) is 14.9. The summed E-state index contributed by atoms with van der Waals surface area (Å²) in [6, 6.07) is 13.4. The lowest BCUT2D eigenvalue weighted by Crippen LogP contribution is -2.12. The molecule has 0 aliphatic heterocycles. The van der Waals surface area contributed by atoms with Crippen LogP contribution in [0.15, 0.2) is 53.4 Å². The summed E-state index contributed by atoms with van der Waals surface area (Å²) in [5.74, 6) is 0.173. The maximum Gasteiger partial charge on any atom is 0.225 e. The van der Waals surface area contributed by atoms with E-state index < -0.39 is 0 Å². The number of hydrogen-bond donors (Lipinski definition) is 1. The van der Waals surface area contributed by atoms with Gasteiger partial charge in [-0.3, -0.25) is 4.79 Å². The molecule has 1 amide bonds. The van der Waals surface area contributed by atoms with E-state index in [0.717, 1.165) is 0 Å². The molecular weight excluding hydrogens is 297 g/mol. The first-order chi connectivity index (χ1) is 9.65. The van der Waals surface area contributed by atoms with Crippen molar-refractivity contribution in [1.82, 2.24) is 0 Å². The van der Waals surface area contributed by atoms with Gasteiger partial charge >= 0.3 is 0 Å². The Labute approximate surface area is 126 Å². The van der Waals surface area contributed by atoms with Gasteiger partial charge in [-0.2, -0.15) is 0 Å². The van der Waals surface area contributed by atoms with E-state index in [1.807, 2.05) is 0 Å². The summed E-state index contributed by atoms with van der Waals surface area (Å²) in [7, 11) is 0. The van der Waals surface area contributed by atoms with Gasteiger partial charge in [0.25, 0.3) is 0 Å². The quantitative estimate of drug-likeness (QED) is 0.818. The Bertz CT molecular complexity index is 589. The molecule has 20 heavy (non-hydrogen) atoms. The number of nitrogens with one attached hydrogen (secondary N) is 1. The van der Waals surface area contributed by atoms with Crippen molar-refractivity contribution < 1.29 is 9.18 Å². The van der Waals surface area contributed by atoms with Crippen molar-refractivity contribution in [1.29, 1.82) is 0 Å². The van der Waals surface area contributed by atoms with Crippen LogP contribution in [-0.4, -0.2) is 11.7 Å². The lowest BCUT2D eigenvalue weighted by Gasteiger charge is -2.05. The van der Waals surface area contributed by atoms with Gasteiger partial charge in [0, 0.05) is 27.8 Å². The van der Waals surface area contributed by atoms with Crippen LogP contribution >= 0.6 is 23.4 Å². The van der Waals surface area contributed by atoms with Crippen LogP contribution in [0, 0.1) is 5.82 Å². The highest BCUT2D eigenvalue weighted by Gasteiger charge is 2.05. The molecule has 2 rings (SSSR count). The summed E-state index contributed by atoms with van der Waals surface area (Å²) < 4.78 is 13.4. The molecule has 0 heterocycles. The fourth-order valence-corrected chi connectivity index (χ4v) is 2.59. The maximum atomic E-state index is 13.4. The van der Waals surface area contributed by atoms with Crippen molar-refractivity contribution in [3.05, 3.63) is 59.4 Å².